The third kappa shape index (κ3) is 3.78. The van der Waals surface area contributed by atoms with Gasteiger partial charge in [-0.05, 0) is 62.9 Å². The topological polar surface area (TPSA) is 58.2 Å². The normalized spacial score (nSPS) is 17.6. The predicted octanol–water partition coefficient (Wildman–Crippen LogP) is 1.58. The second-order valence-electron chi connectivity index (χ2n) is 5.31. The lowest BCUT2D eigenvalue weighted by Gasteiger charge is -2.23. The lowest BCUT2D eigenvalue weighted by Crippen LogP contribution is -2.36. The molecule has 0 aromatic heterocycles. The first-order chi connectivity index (χ1) is 8.99. The van der Waals surface area contributed by atoms with E-state index in [-0.39, 0.29) is 0 Å². The number of aryl methyl sites for hydroxylation is 2. The van der Waals surface area contributed by atoms with Crippen molar-refractivity contribution in [3.8, 4) is 0 Å². The fourth-order valence-corrected chi connectivity index (χ4v) is 3.83. The Labute approximate surface area is 115 Å². The lowest BCUT2D eigenvalue weighted by atomic mass is 9.99. The van der Waals surface area contributed by atoms with Gasteiger partial charge >= 0.3 is 0 Å². The largest absolute Gasteiger partial charge is 0.317 e. The van der Waals surface area contributed by atoms with Crippen LogP contribution in [0.1, 0.15) is 24.0 Å². The summed E-state index contributed by atoms with van der Waals surface area (Å²) in [5, 5.41) is 3.28. The van der Waals surface area contributed by atoms with E-state index in [0.29, 0.717) is 17.4 Å². The molecule has 106 valence electrons. The zero-order valence-electron chi connectivity index (χ0n) is 11.6. The molecule has 0 amide bonds. The van der Waals surface area contributed by atoms with Gasteiger partial charge < -0.3 is 5.32 Å². The van der Waals surface area contributed by atoms with Crippen LogP contribution in [0.15, 0.2) is 23.1 Å². The minimum atomic E-state index is -3.38. The first kappa shape index (κ1) is 14.5. The van der Waals surface area contributed by atoms with Gasteiger partial charge in [-0.2, -0.15) is 0 Å². The fraction of sp³-hybridized carbons (Fsp3) is 0.571. The van der Waals surface area contributed by atoms with Crippen LogP contribution >= 0.6 is 0 Å². The van der Waals surface area contributed by atoms with Gasteiger partial charge in [0.15, 0.2) is 0 Å². The first-order valence-electron chi connectivity index (χ1n) is 6.77. The van der Waals surface area contributed by atoms with Gasteiger partial charge in [-0.1, -0.05) is 12.1 Å². The molecule has 5 heteroatoms. The Bertz CT molecular complexity index is 534. The van der Waals surface area contributed by atoms with E-state index >= 15 is 0 Å². The van der Waals surface area contributed by atoms with E-state index in [1.165, 1.54) is 0 Å². The maximum absolute atomic E-state index is 12.3. The van der Waals surface area contributed by atoms with Gasteiger partial charge in [0.25, 0.3) is 0 Å². The number of sulfonamides is 1. The Morgan fingerprint density at radius 2 is 1.95 bits per heavy atom. The number of nitrogens with one attached hydrogen (secondary N) is 2. The van der Waals surface area contributed by atoms with Gasteiger partial charge in [-0.15, -0.1) is 0 Å². The van der Waals surface area contributed by atoms with Gasteiger partial charge in [0.2, 0.25) is 10.0 Å². The first-order valence-corrected chi connectivity index (χ1v) is 8.25. The lowest BCUT2D eigenvalue weighted by molar-refractivity contribution is 0.372. The number of benzene rings is 1. The van der Waals surface area contributed by atoms with E-state index < -0.39 is 10.0 Å². The quantitative estimate of drug-likeness (QED) is 0.881. The molecule has 0 atom stereocenters. The van der Waals surface area contributed by atoms with Crippen molar-refractivity contribution >= 4 is 10.0 Å². The Hall–Kier alpha value is -0.910. The number of rotatable bonds is 4. The van der Waals surface area contributed by atoms with Crippen LogP contribution in [0.3, 0.4) is 0 Å². The summed E-state index contributed by atoms with van der Waals surface area (Å²) in [6.07, 6.45) is 2.07. The Kier molecular flexibility index (Phi) is 4.60. The van der Waals surface area contributed by atoms with Crippen LogP contribution in [0.2, 0.25) is 0 Å². The highest BCUT2D eigenvalue weighted by Gasteiger charge is 2.20. The van der Waals surface area contributed by atoms with Crippen LogP contribution in [0.25, 0.3) is 0 Å². The van der Waals surface area contributed by atoms with Gasteiger partial charge in [-0.25, -0.2) is 13.1 Å². The maximum Gasteiger partial charge on any atom is 0.240 e. The van der Waals surface area contributed by atoms with Crippen molar-refractivity contribution in [3.05, 3.63) is 29.3 Å². The van der Waals surface area contributed by atoms with Crippen molar-refractivity contribution in [2.45, 2.75) is 31.6 Å². The van der Waals surface area contributed by atoms with E-state index in [4.69, 9.17) is 0 Å². The molecule has 0 aliphatic carbocycles. The molecular formula is C14H22N2O2S. The summed E-state index contributed by atoms with van der Waals surface area (Å²) in [7, 11) is -3.38. The smallest absolute Gasteiger partial charge is 0.240 e. The van der Waals surface area contributed by atoms with Gasteiger partial charge in [-0.3, -0.25) is 0 Å². The molecule has 1 aliphatic rings. The molecule has 0 spiro atoms. The third-order valence-corrected chi connectivity index (χ3v) is 5.22. The van der Waals surface area contributed by atoms with E-state index in [2.05, 4.69) is 10.0 Å². The summed E-state index contributed by atoms with van der Waals surface area (Å²) in [6.45, 7) is 6.24. The monoisotopic (exact) mass is 282 g/mol. The second-order valence-corrected chi connectivity index (χ2v) is 7.05. The molecule has 1 aromatic carbocycles. The summed E-state index contributed by atoms with van der Waals surface area (Å²) in [6, 6.07) is 5.52. The van der Waals surface area contributed by atoms with Crippen molar-refractivity contribution in [1.82, 2.24) is 10.0 Å². The third-order valence-electron chi connectivity index (χ3n) is 3.65. The Balaban J connectivity index is 2.07. The second kappa shape index (κ2) is 6.03. The highest BCUT2D eigenvalue weighted by molar-refractivity contribution is 7.89. The highest BCUT2D eigenvalue weighted by atomic mass is 32.2. The average molecular weight is 282 g/mol. The minimum absolute atomic E-state index is 0.404. The van der Waals surface area contributed by atoms with Crippen molar-refractivity contribution < 1.29 is 8.42 Å². The van der Waals surface area contributed by atoms with Crippen LogP contribution < -0.4 is 10.0 Å². The van der Waals surface area contributed by atoms with Crippen LogP contribution in [-0.4, -0.2) is 28.1 Å². The molecule has 0 bridgehead atoms. The number of hydrogen-bond acceptors (Lipinski definition) is 3. The fourth-order valence-electron chi connectivity index (χ4n) is 2.39. The summed E-state index contributed by atoms with van der Waals surface area (Å²) >= 11 is 0. The zero-order chi connectivity index (χ0) is 13.9. The molecule has 0 radical (unpaired) electrons. The molecule has 1 fully saturated rings. The van der Waals surface area contributed by atoms with Crippen LogP contribution in [-0.2, 0) is 10.0 Å². The molecule has 0 saturated carbocycles. The summed E-state index contributed by atoms with van der Waals surface area (Å²) in [5.41, 5.74) is 1.76. The highest BCUT2D eigenvalue weighted by Crippen LogP contribution is 2.17. The van der Waals surface area contributed by atoms with Crippen LogP contribution in [0, 0.1) is 19.8 Å². The maximum atomic E-state index is 12.3. The van der Waals surface area contributed by atoms with E-state index in [9.17, 15) is 8.42 Å². The van der Waals surface area contributed by atoms with Crippen LogP contribution in [0.4, 0.5) is 0 Å². The summed E-state index contributed by atoms with van der Waals surface area (Å²) in [4.78, 5) is 0.404. The molecule has 4 nitrogen and oxygen atoms in total. The zero-order valence-corrected chi connectivity index (χ0v) is 12.4. The van der Waals surface area contributed by atoms with Gasteiger partial charge in [0.05, 0.1) is 4.90 Å². The molecular weight excluding hydrogens is 260 g/mol. The van der Waals surface area contributed by atoms with Crippen LogP contribution in [0.5, 0.6) is 0 Å². The Morgan fingerprint density at radius 3 is 2.63 bits per heavy atom. The van der Waals surface area contributed by atoms with Gasteiger partial charge in [0, 0.05) is 6.54 Å². The molecule has 1 saturated heterocycles. The molecule has 0 unspecified atom stereocenters. The predicted molar refractivity (Wildman–Crippen MR) is 76.7 cm³/mol. The minimum Gasteiger partial charge on any atom is -0.317 e. The van der Waals surface area contributed by atoms with E-state index in [1.54, 1.807) is 6.07 Å². The standard InChI is InChI=1S/C14H22N2O2S/c1-11-3-4-12(2)14(9-11)19(17,18)16-10-13-5-7-15-8-6-13/h3-4,9,13,15-16H,5-8,10H2,1-2H3. The van der Waals surface area contributed by atoms with Crippen molar-refractivity contribution in [2.75, 3.05) is 19.6 Å². The SMILES string of the molecule is Cc1ccc(C)c(S(=O)(=O)NCC2CCNCC2)c1. The van der Waals surface area contributed by atoms with Crippen molar-refractivity contribution in [2.24, 2.45) is 5.92 Å². The molecule has 1 aliphatic heterocycles. The molecule has 19 heavy (non-hydrogen) atoms. The molecule has 2 rings (SSSR count). The summed E-state index contributed by atoms with van der Waals surface area (Å²) < 4.78 is 27.4. The summed E-state index contributed by atoms with van der Waals surface area (Å²) in [5.74, 6) is 0.446. The van der Waals surface area contributed by atoms with Crippen molar-refractivity contribution in [1.29, 1.82) is 0 Å². The number of piperidine rings is 1. The Morgan fingerprint density at radius 1 is 1.26 bits per heavy atom. The molecule has 1 heterocycles. The number of hydrogen-bond donors (Lipinski definition) is 2. The molecule has 2 N–H and O–H groups in total. The van der Waals surface area contributed by atoms with Crippen molar-refractivity contribution in [3.63, 3.8) is 0 Å². The average Bonchev–Trinajstić information content (AvgIpc) is 2.40. The van der Waals surface area contributed by atoms with E-state index in [0.717, 1.165) is 37.1 Å². The van der Waals surface area contributed by atoms with E-state index in [1.807, 2.05) is 26.0 Å². The molecule has 1 aromatic rings. The van der Waals surface area contributed by atoms with Gasteiger partial charge in [0.1, 0.15) is 0 Å².